The number of nitrogens with two attached hydrogens (primary N) is 1. The fraction of sp³-hybridized carbons (Fsp3) is 0.273. The first-order valence-corrected chi connectivity index (χ1v) is 5.39. The summed E-state index contributed by atoms with van der Waals surface area (Å²) >= 11 is 0. The van der Waals surface area contributed by atoms with E-state index in [0.29, 0.717) is 29.3 Å². The molecule has 0 aliphatic carbocycles. The molecule has 0 saturated carbocycles. The van der Waals surface area contributed by atoms with Crippen LogP contribution in [0.1, 0.15) is 21.9 Å². The Bertz CT molecular complexity index is 551. The Morgan fingerprint density at radius 2 is 2.28 bits per heavy atom. The molecule has 0 saturated heterocycles. The minimum absolute atomic E-state index is 0.149. The van der Waals surface area contributed by atoms with Gasteiger partial charge in [-0.05, 0) is 13.0 Å². The van der Waals surface area contributed by atoms with Crippen molar-refractivity contribution < 1.29 is 4.79 Å². The lowest BCUT2D eigenvalue weighted by Crippen LogP contribution is -2.27. The van der Waals surface area contributed by atoms with E-state index in [1.165, 1.54) is 17.4 Å². The summed E-state index contributed by atoms with van der Waals surface area (Å²) in [5.41, 5.74) is 7.26. The van der Waals surface area contributed by atoms with Crippen molar-refractivity contribution in [1.82, 2.24) is 25.1 Å². The van der Waals surface area contributed by atoms with E-state index in [-0.39, 0.29) is 5.91 Å². The molecule has 94 valence electrons. The second kappa shape index (κ2) is 4.82. The topological polar surface area (TPSA) is 101 Å². The van der Waals surface area contributed by atoms with Crippen LogP contribution in [0, 0.1) is 6.92 Å². The van der Waals surface area contributed by atoms with E-state index in [2.05, 4.69) is 20.2 Å². The van der Waals surface area contributed by atoms with Crippen LogP contribution in [-0.4, -0.2) is 38.0 Å². The van der Waals surface area contributed by atoms with Gasteiger partial charge in [0.15, 0.2) is 0 Å². The number of carbonyl (C=O) groups excluding carboxylic acids is 1. The van der Waals surface area contributed by atoms with Gasteiger partial charge >= 0.3 is 0 Å². The standard InChI is InChI=1S/C11H14N6O/c1-7-9(3-8(12)4-13-7)11(18)17(2)5-10-14-6-15-16-10/h3-4,6H,5,12H2,1-2H3,(H,14,15,16). The number of hydrogen-bond acceptors (Lipinski definition) is 5. The highest BCUT2D eigenvalue weighted by atomic mass is 16.2. The van der Waals surface area contributed by atoms with Crippen LogP contribution in [0.3, 0.4) is 0 Å². The molecule has 2 aromatic rings. The summed E-state index contributed by atoms with van der Waals surface area (Å²) in [7, 11) is 1.69. The van der Waals surface area contributed by atoms with Crippen LogP contribution < -0.4 is 5.73 Å². The third-order valence-corrected chi connectivity index (χ3v) is 2.54. The van der Waals surface area contributed by atoms with Crippen LogP contribution in [0.25, 0.3) is 0 Å². The molecule has 0 spiro atoms. The minimum Gasteiger partial charge on any atom is -0.397 e. The molecule has 7 heteroatoms. The number of nitrogen functional groups attached to an aromatic ring is 1. The second-order valence-corrected chi connectivity index (χ2v) is 4.00. The molecule has 0 aliphatic heterocycles. The summed E-state index contributed by atoms with van der Waals surface area (Å²) < 4.78 is 0. The van der Waals surface area contributed by atoms with Gasteiger partial charge in [0.2, 0.25) is 0 Å². The summed E-state index contributed by atoms with van der Waals surface area (Å²) in [5, 5.41) is 6.44. The summed E-state index contributed by atoms with van der Waals surface area (Å²) in [6, 6.07) is 1.63. The second-order valence-electron chi connectivity index (χ2n) is 4.00. The Morgan fingerprint density at radius 3 is 2.94 bits per heavy atom. The van der Waals surface area contributed by atoms with Crippen molar-refractivity contribution in [1.29, 1.82) is 0 Å². The van der Waals surface area contributed by atoms with E-state index < -0.39 is 0 Å². The zero-order valence-corrected chi connectivity index (χ0v) is 10.2. The SMILES string of the molecule is Cc1ncc(N)cc1C(=O)N(C)Cc1ncn[nH]1. The van der Waals surface area contributed by atoms with Crippen molar-refractivity contribution >= 4 is 11.6 Å². The lowest BCUT2D eigenvalue weighted by Gasteiger charge is -2.16. The molecule has 0 atom stereocenters. The molecule has 0 aromatic carbocycles. The molecule has 0 radical (unpaired) electrons. The van der Waals surface area contributed by atoms with Gasteiger partial charge < -0.3 is 10.6 Å². The Labute approximate surface area is 104 Å². The van der Waals surface area contributed by atoms with Gasteiger partial charge in [0.1, 0.15) is 12.2 Å². The average Bonchev–Trinajstić information content (AvgIpc) is 2.84. The normalized spacial score (nSPS) is 10.3. The van der Waals surface area contributed by atoms with Gasteiger partial charge in [-0.1, -0.05) is 0 Å². The third kappa shape index (κ3) is 2.45. The number of H-pyrrole nitrogens is 1. The van der Waals surface area contributed by atoms with Crippen LogP contribution in [0.5, 0.6) is 0 Å². The predicted molar refractivity (Wildman–Crippen MR) is 65.6 cm³/mol. The number of carbonyl (C=O) groups is 1. The molecule has 0 bridgehead atoms. The number of aromatic amines is 1. The van der Waals surface area contributed by atoms with Crippen LogP contribution in [-0.2, 0) is 6.54 Å². The van der Waals surface area contributed by atoms with E-state index in [4.69, 9.17) is 5.73 Å². The van der Waals surface area contributed by atoms with Crippen molar-refractivity contribution in [3.63, 3.8) is 0 Å². The first-order valence-electron chi connectivity index (χ1n) is 5.39. The zero-order chi connectivity index (χ0) is 13.1. The maximum Gasteiger partial charge on any atom is 0.255 e. The van der Waals surface area contributed by atoms with Gasteiger partial charge in [-0.2, -0.15) is 5.10 Å². The van der Waals surface area contributed by atoms with Gasteiger partial charge in [-0.3, -0.25) is 14.9 Å². The first-order chi connectivity index (χ1) is 8.58. The number of rotatable bonds is 3. The Kier molecular flexibility index (Phi) is 3.22. The largest absolute Gasteiger partial charge is 0.397 e. The smallest absolute Gasteiger partial charge is 0.255 e. The van der Waals surface area contributed by atoms with Crippen LogP contribution in [0.4, 0.5) is 5.69 Å². The van der Waals surface area contributed by atoms with E-state index in [1.54, 1.807) is 20.0 Å². The molecule has 7 nitrogen and oxygen atoms in total. The van der Waals surface area contributed by atoms with Gasteiger partial charge in [0, 0.05) is 7.05 Å². The Morgan fingerprint density at radius 1 is 1.50 bits per heavy atom. The van der Waals surface area contributed by atoms with Crippen molar-refractivity contribution in [2.45, 2.75) is 13.5 Å². The van der Waals surface area contributed by atoms with Gasteiger partial charge in [0.25, 0.3) is 5.91 Å². The lowest BCUT2D eigenvalue weighted by molar-refractivity contribution is 0.0780. The van der Waals surface area contributed by atoms with E-state index in [0.717, 1.165) is 0 Å². The molecule has 2 aromatic heterocycles. The number of amides is 1. The molecule has 0 aliphatic rings. The highest BCUT2D eigenvalue weighted by Crippen LogP contribution is 2.12. The molecule has 1 amide bonds. The van der Waals surface area contributed by atoms with Gasteiger partial charge in [-0.25, -0.2) is 4.98 Å². The summed E-state index contributed by atoms with van der Waals surface area (Å²) in [5.74, 6) is 0.476. The lowest BCUT2D eigenvalue weighted by atomic mass is 10.1. The fourth-order valence-electron chi connectivity index (χ4n) is 1.57. The molecule has 18 heavy (non-hydrogen) atoms. The molecular weight excluding hydrogens is 232 g/mol. The Hall–Kier alpha value is -2.44. The van der Waals surface area contributed by atoms with Gasteiger partial charge in [-0.15, -0.1) is 0 Å². The monoisotopic (exact) mass is 246 g/mol. The van der Waals surface area contributed by atoms with E-state index >= 15 is 0 Å². The Balaban J connectivity index is 2.17. The van der Waals surface area contributed by atoms with E-state index in [1.807, 2.05) is 0 Å². The van der Waals surface area contributed by atoms with E-state index in [9.17, 15) is 4.79 Å². The van der Waals surface area contributed by atoms with Crippen LogP contribution >= 0.6 is 0 Å². The van der Waals surface area contributed by atoms with Gasteiger partial charge in [0.05, 0.1) is 29.7 Å². The minimum atomic E-state index is -0.149. The highest BCUT2D eigenvalue weighted by Gasteiger charge is 2.16. The third-order valence-electron chi connectivity index (χ3n) is 2.54. The number of nitrogens with zero attached hydrogens (tertiary/aromatic N) is 4. The van der Waals surface area contributed by atoms with Crippen LogP contribution in [0.15, 0.2) is 18.6 Å². The van der Waals surface area contributed by atoms with Crippen molar-refractivity contribution in [3.8, 4) is 0 Å². The highest BCUT2D eigenvalue weighted by molar-refractivity contribution is 5.95. The molecule has 0 unspecified atom stereocenters. The average molecular weight is 246 g/mol. The maximum atomic E-state index is 12.2. The van der Waals surface area contributed by atoms with Crippen molar-refractivity contribution in [3.05, 3.63) is 35.7 Å². The number of anilines is 1. The fourth-order valence-corrected chi connectivity index (χ4v) is 1.57. The van der Waals surface area contributed by atoms with Crippen molar-refractivity contribution in [2.75, 3.05) is 12.8 Å². The van der Waals surface area contributed by atoms with Crippen LogP contribution in [0.2, 0.25) is 0 Å². The quantitative estimate of drug-likeness (QED) is 0.814. The number of pyridine rings is 1. The molecule has 0 fully saturated rings. The molecule has 3 N–H and O–H groups in total. The predicted octanol–water partition coefficient (Wildman–Crippen LogP) is 0.363. The summed E-state index contributed by atoms with van der Waals surface area (Å²) in [4.78, 5) is 21.8. The summed E-state index contributed by atoms with van der Waals surface area (Å²) in [6.45, 7) is 2.13. The number of aryl methyl sites for hydroxylation is 1. The summed E-state index contributed by atoms with van der Waals surface area (Å²) in [6.07, 6.45) is 2.93. The molecule has 2 rings (SSSR count). The molecule has 2 heterocycles. The number of hydrogen-bond donors (Lipinski definition) is 2. The van der Waals surface area contributed by atoms with Crippen molar-refractivity contribution in [2.24, 2.45) is 0 Å². The first kappa shape index (κ1) is 12.0. The number of aromatic nitrogens is 4. The molecular formula is C11H14N6O. The number of nitrogens with one attached hydrogen (secondary N) is 1. The maximum absolute atomic E-state index is 12.2. The zero-order valence-electron chi connectivity index (χ0n) is 10.2.